The van der Waals surface area contributed by atoms with Gasteiger partial charge >= 0.3 is 5.97 Å². The summed E-state index contributed by atoms with van der Waals surface area (Å²) in [6.45, 7) is 1.43. The average Bonchev–Trinajstić information content (AvgIpc) is 3.14. The van der Waals surface area contributed by atoms with Gasteiger partial charge in [0.15, 0.2) is 11.5 Å². The van der Waals surface area contributed by atoms with Crippen molar-refractivity contribution in [3.63, 3.8) is 0 Å². The van der Waals surface area contributed by atoms with Crippen LogP contribution in [0.4, 0.5) is 0 Å². The molecule has 4 N–H and O–H groups in total. The van der Waals surface area contributed by atoms with E-state index in [-0.39, 0.29) is 65.0 Å². The standard InChI is InChI=1S/C40H49NO12/c1-24-10-9-13-27(42)12-8-6-7-11-25-18-32(44)37(38(46)36(25)40(47)53-24)31(26-19-33(49-3)39(51-5)34(20-26)50-4)21-35(45)41-22-28(43)23-52-30-16-14-29(48-2)15-17-30/h7,11,14-20,24,28,31,43-44,46H,6,8-10,12-13,21-23H2,1-5H3,(H,41,45)/b11-7+/t24-,28?,31?/m0/s1. The van der Waals surface area contributed by atoms with Gasteiger partial charge in [0.2, 0.25) is 11.7 Å². The molecule has 0 fully saturated rings. The summed E-state index contributed by atoms with van der Waals surface area (Å²) in [6, 6.07) is 11.3. The Labute approximate surface area is 309 Å². The van der Waals surface area contributed by atoms with E-state index in [1.54, 1.807) is 62.6 Å². The number of carbonyl (C=O) groups is 3. The first-order chi connectivity index (χ1) is 25.5. The first kappa shape index (κ1) is 40.3. The molecule has 1 amide bonds. The molecule has 3 aromatic carbocycles. The Morgan fingerprint density at radius 1 is 0.925 bits per heavy atom. The molecule has 0 spiro atoms. The smallest absolute Gasteiger partial charge is 0.342 e. The molecule has 0 aliphatic carbocycles. The number of methoxy groups -OCH3 is 4. The zero-order chi connectivity index (χ0) is 38.5. The molecule has 286 valence electrons. The van der Waals surface area contributed by atoms with Crippen LogP contribution in [0.1, 0.15) is 84.8 Å². The van der Waals surface area contributed by atoms with Crippen molar-refractivity contribution in [1.29, 1.82) is 0 Å². The normalized spacial score (nSPS) is 16.9. The Balaban J connectivity index is 1.71. The largest absolute Gasteiger partial charge is 0.507 e. The van der Waals surface area contributed by atoms with E-state index in [0.717, 1.165) is 0 Å². The second-order valence-corrected chi connectivity index (χ2v) is 12.7. The number of Topliss-reactive ketones (excluding diaryl/α,β-unsaturated/α-hetero) is 1. The fraction of sp³-hybridized carbons (Fsp3) is 0.425. The number of amides is 1. The van der Waals surface area contributed by atoms with Gasteiger partial charge in [0.1, 0.15) is 47.1 Å². The van der Waals surface area contributed by atoms with Crippen LogP contribution in [0.5, 0.6) is 40.2 Å². The SMILES string of the molecule is COc1ccc(OCC(O)CNC(=O)CC(c2cc(OC)c(OC)c(OC)c2)c2c(O)cc3c(c2O)C(=O)O[C@@H](C)CCCC(=O)CCC/C=C/3)cc1. The number of nitrogens with one attached hydrogen (secondary N) is 1. The first-order valence-corrected chi connectivity index (χ1v) is 17.5. The quantitative estimate of drug-likeness (QED) is 0.158. The number of esters is 1. The van der Waals surface area contributed by atoms with Gasteiger partial charge in [0.05, 0.1) is 34.5 Å². The van der Waals surface area contributed by atoms with Crippen LogP contribution in [0.2, 0.25) is 0 Å². The van der Waals surface area contributed by atoms with Gasteiger partial charge in [-0.25, -0.2) is 4.79 Å². The van der Waals surface area contributed by atoms with E-state index in [1.807, 2.05) is 0 Å². The summed E-state index contributed by atoms with van der Waals surface area (Å²) >= 11 is 0. The predicted molar refractivity (Wildman–Crippen MR) is 196 cm³/mol. The molecule has 0 saturated carbocycles. The summed E-state index contributed by atoms with van der Waals surface area (Å²) in [4.78, 5) is 39.5. The molecule has 53 heavy (non-hydrogen) atoms. The van der Waals surface area contributed by atoms with E-state index in [1.165, 1.54) is 27.4 Å². The fourth-order valence-corrected chi connectivity index (χ4v) is 6.12. The summed E-state index contributed by atoms with van der Waals surface area (Å²) < 4.78 is 33.1. The number of fused-ring (bicyclic) bond motifs is 1. The minimum Gasteiger partial charge on any atom is -0.507 e. The van der Waals surface area contributed by atoms with Crippen molar-refractivity contribution in [3.8, 4) is 40.2 Å². The Morgan fingerprint density at radius 3 is 2.23 bits per heavy atom. The molecular weight excluding hydrogens is 686 g/mol. The van der Waals surface area contributed by atoms with Gasteiger partial charge in [-0.1, -0.05) is 12.2 Å². The van der Waals surface area contributed by atoms with Gasteiger partial charge in [0.25, 0.3) is 0 Å². The van der Waals surface area contributed by atoms with Crippen LogP contribution in [0.15, 0.2) is 48.5 Å². The molecule has 1 aliphatic heterocycles. The number of phenolic OH excluding ortho intramolecular Hbond substituents is 2. The summed E-state index contributed by atoms with van der Waals surface area (Å²) in [5.41, 5.74) is 0.295. The molecular formula is C40H49NO12. The van der Waals surface area contributed by atoms with E-state index in [0.29, 0.717) is 55.6 Å². The Bertz CT molecular complexity index is 1730. The first-order valence-electron chi connectivity index (χ1n) is 17.5. The van der Waals surface area contributed by atoms with Gasteiger partial charge in [-0.05, 0) is 86.2 Å². The molecule has 1 aliphatic rings. The summed E-state index contributed by atoms with van der Waals surface area (Å²) in [5, 5.41) is 36.8. The highest BCUT2D eigenvalue weighted by atomic mass is 16.5. The van der Waals surface area contributed by atoms with Crippen LogP contribution in [0.3, 0.4) is 0 Å². The second-order valence-electron chi connectivity index (χ2n) is 12.7. The number of ether oxygens (including phenoxy) is 6. The van der Waals surface area contributed by atoms with Gasteiger partial charge in [0, 0.05) is 37.3 Å². The van der Waals surface area contributed by atoms with E-state index >= 15 is 0 Å². The molecule has 1 heterocycles. The third-order valence-corrected chi connectivity index (χ3v) is 8.92. The Kier molecular flexibility index (Phi) is 14.8. The number of allylic oxidation sites excluding steroid dienone is 1. The van der Waals surface area contributed by atoms with Crippen LogP contribution < -0.4 is 29.0 Å². The molecule has 0 aromatic heterocycles. The van der Waals surface area contributed by atoms with Crippen molar-refractivity contribution >= 4 is 23.7 Å². The van der Waals surface area contributed by atoms with Crippen molar-refractivity contribution in [2.45, 2.75) is 70.0 Å². The molecule has 13 nitrogen and oxygen atoms in total. The number of rotatable bonds is 13. The zero-order valence-corrected chi connectivity index (χ0v) is 30.8. The van der Waals surface area contributed by atoms with Gasteiger partial charge in [-0.2, -0.15) is 0 Å². The number of aliphatic hydroxyl groups is 1. The summed E-state index contributed by atoms with van der Waals surface area (Å²) in [7, 11) is 5.85. The molecule has 3 aromatic rings. The van der Waals surface area contributed by atoms with Crippen LogP contribution in [-0.2, 0) is 14.3 Å². The maximum absolute atomic E-state index is 13.7. The lowest BCUT2D eigenvalue weighted by Gasteiger charge is -2.24. The number of ketones is 1. The molecule has 13 heteroatoms. The van der Waals surface area contributed by atoms with Crippen molar-refractivity contribution < 1.29 is 58.1 Å². The highest BCUT2D eigenvalue weighted by Crippen LogP contribution is 2.47. The third-order valence-electron chi connectivity index (χ3n) is 8.92. The number of hydrogen-bond donors (Lipinski definition) is 4. The lowest BCUT2D eigenvalue weighted by molar-refractivity contribution is -0.122. The number of carbonyl (C=O) groups excluding carboxylic acids is 3. The maximum atomic E-state index is 13.7. The van der Waals surface area contributed by atoms with E-state index in [4.69, 9.17) is 28.4 Å². The van der Waals surface area contributed by atoms with Crippen LogP contribution in [0.25, 0.3) is 6.08 Å². The molecule has 2 unspecified atom stereocenters. The van der Waals surface area contributed by atoms with Crippen molar-refractivity contribution in [3.05, 3.63) is 70.8 Å². The van der Waals surface area contributed by atoms with Crippen LogP contribution in [0, 0.1) is 0 Å². The van der Waals surface area contributed by atoms with Crippen molar-refractivity contribution in [2.24, 2.45) is 0 Å². The Morgan fingerprint density at radius 2 is 1.58 bits per heavy atom. The topological polar surface area (TPSA) is 179 Å². The number of benzene rings is 3. The highest BCUT2D eigenvalue weighted by molar-refractivity contribution is 5.98. The van der Waals surface area contributed by atoms with Gasteiger partial charge in [-0.15, -0.1) is 0 Å². The van der Waals surface area contributed by atoms with E-state index in [9.17, 15) is 29.7 Å². The third kappa shape index (κ3) is 10.8. The molecule has 0 radical (unpaired) electrons. The highest BCUT2D eigenvalue weighted by Gasteiger charge is 2.32. The van der Waals surface area contributed by atoms with Crippen LogP contribution in [-0.4, -0.2) is 86.8 Å². The van der Waals surface area contributed by atoms with Gasteiger partial charge < -0.3 is 49.1 Å². The molecule has 0 bridgehead atoms. The number of aliphatic hydroxyl groups excluding tert-OH is 1. The van der Waals surface area contributed by atoms with Crippen molar-refractivity contribution in [1.82, 2.24) is 5.32 Å². The lowest BCUT2D eigenvalue weighted by Crippen LogP contribution is -2.36. The second kappa shape index (κ2) is 19.4. The number of hydrogen-bond acceptors (Lipinski definition) is 12. The number of cyclic esters (lactones) is 1. The summed E-state index contributed by atoms with van der Waals surface area (Å²) in [6.07, 6.45) is 4.31. The predicted octanol–water partition coefficient (Wildman–Crippen LogP) is 5.69. The minimum atomic E-state index is -1.07. The Hall–Kier alpha value is -5.43. The number of phenols is 2. The monoisotopic (exact) mass is 735 g/mol. The van der Waals surface area contributed by atoms with Crippen molar-refractivity contribution in [2.75, 3.05) is 41.6 Å². The maximum Gasteiger partial charge on any atom is 0.342 e. The fourth-order valence-electron chi connectivity index (χ4n) is 6.12. The molecule has 4 rings (SSSR count). The lowest BCUT2D eigenvalue weighted by atomic mass is 9.84. The van der Waals surface area contributed by atoms with Crippen LogP contribution >= 0.6 is 0 Å². The zero-order valence-electron chi connectivity index (χ0n) is 30.8. The van der Waals surface area contributed by atoms with Gasteiger partial charge in [-0.3, -0.25) is 9.59 Å². The summed E-state index contributed by atoms with van der Waals surface area (Å²) in [5.74, 6) is -1.31. The minimum absolute atomic E-state index is 0.110. The van der Waals surface area contributed by atoms with E-state index < -0.39 is 35.8 Å². The average molecular weight is 736 g/mol. The van der Waals surface area contributed by atoms with E-state index in [2.05, 4.69) is 5.32 Å². The number of aromatic hydroxyl groups is 2. The molecule has 0 saturated heterocycles. The molecule has 3 atom stereocenters.